The number of aliphatic hydroxyl groups excluding tert-OH is 1. The zero-order chi connectivity index (χ0) is 15.1. The minimum atomic E-state index is 0.0551. The first-order valence-corrected chi connectivity index (χ1v) is 8.56. The molecule has 0 amide bonds. The first-order valence-electron chi connectivity index (χ1n) is 6.47. The van der Waals surface area contributed by atoms with Gasteiger partial charge in [-0.1, -0.05) is 0 Å². The highest BCUT2D eigenvalue weighted by molar-refractivity contribution is 9.10. The number of halogens is 1. The number of thiophene rings is 1. The lowest BCUT2D eigenvalue weighted by molar-refractivity contribution is 0.300. The minimum absolute atomic E-state index is 0.0551. The number of thiocarbonyl (C=S) groups is 1. The van der Waals surface area contributed by atoms with E-state index >= 15 is 0 Å². The Kier molecular flexibility index (Phi) is 6.56. The van der Waals surface area contributed by atoms with Gasteiger partial charge in [-0.2, -0.15) is 0 Å². The van der Waals surface area contributed by atoms with E-state index in [2.05, 4.69) is 31.5 Å². The van der Waals surface area contributed by atoms with Crippen molar-refractivity contribution in [1.29, 1.82) is 0 Å². The summed E-state index contributed by atoms with van der Waals surface area (Å²) in [5, 5.41) is 17.7. The van der Waals surface area contributed by atoms with E-state index in [1.807, 2.05) is 23.6 Å². The van der Waals surface area contributed by atoms with Crippen molar-refractivity contribution in [2.45, 2.75) is 12.5 Å². The predicted molar refractivity (Wildman–Crippen MR) is 93.5 cm³/mol. The molecule has 0 saturated heterocycles. The van der Waals surface area contributed by atoms with Crippen molar-refractivity contribution in [3.63, 3.8) is 0 Å². The van der Waals surface area contributed by atoms with Crippen molar-refractivity contribution in [2.24, 2.45) is 0 Å². The fourth-order valence-corrected chi connectivity index (χ4v) is 3.84. The van der Waals surface area contributed by atoms with E-state index in [0.717, 1.165) is 10.9 Å². The van der Waals surface area contributed by atoms with Gasteiger partial charge in [-0.25, -0.2) is 0 Å². The lowest BCUT2D eigenvalue weighted by Crippen LogP contribution is -2.39. The van der Waals surface area contributed by atoms with Crippen molar-refractivity contribution < 1.29 is 5.11 Å². The SMILES string of the molecule is OCCNC(=S)NC(Cc1ccncc1)c1sccc1Br. The maximum absolute atomic E-state index is 8.85. The Hall–Kier alpha value is -1.02. The van der Waals surface area contributed by atoms with Gasteiger partial charge in [-0.3, -0.25) is 4.98 Å². The summed E-state index contributed by atoms with van der Waals surface area (Å²) >= 11 is 10.5. The van der Waals surface area contributed by atoms with Crippen LogP contribution in [0.1, 0.15) is 16.5 Å². The van der Waals surface area contributed by atoms with Crippen molar-refractivity contribution in [1.82, 2.24) is 15.6 Å². The lowest BCUT2D eigenvalue weighted by atomic mass is 10.1. The Morgan fingerprint density at radius 1 is 1.38 bits per heavy atom. The topological polar surface area (TPSA) is 57.2 Å². The highest BCUT2D eigenvalue weighted by Gasteiger charge is 2.17. The zero-order valence-electron chi connectivity index (χ0n) is 11.3. The Bertz CT molecular complexity index is 577. The molecule has 1 atom stereocenters. The van der Waals surface area contributed by atoms with Crippen molar-refractivity contribution in [3.8, 4) is 0 Å². The third kappa shape index (κ3) is 5.03. The van der Waals surface area contributed by atoms with Crippen LogP contribution in [-0.4, -0.2) is 28.4 Å². The molecule has 0 aliphatic rings. The van der Waals surface area contributed by atoms with Gasteiger partial charge in [0.05, 0.1) is 12.6 Å². The van der Waals surface area contributed by atoms with Crippen LogP contribution in [0.25, 0.3) is 0 Å². The number of hydrogen-bond acceptors (Lipinski definition) is 4. The Labute approximate surface area is 141 Å². The molecule has 7 heteroatoms. The normalized spacial score (nSPS) is 11.9. The molecular weight excluding hydrogens is 370 g/mol. The molecule has 112 valence electrons. The summed E-state index contributed by atoms with van der Waals surface area (Å²) in [5.41, 5.74) is 1.19. The smallest absolute Gasteiger partial charge is 0.166 e. The molecule has 2 heterocycles. The fourth-order valence-electron chi connectivity index (χ4n) is 1.90. The van der Waals surface area contributed by atoms with Gasteiger partial charge in [0, 0.05) is 28.3 Å². The summed E-state index contributed by atoms with van der Waals surface area (Å²) in [6.07, 6.45) is 4.39. The van der Waals surface area contributed by atoms with Crippen molar-refractivity contribution >= 4 is 44.6 Å². The molecule has 21 heavy (non-hydrogen) atoms. The number of aromatic nitrogens is 1. The van der Waals surface area contributed by atoms with Crippen LogP contribution in [0.2, 0.25) is 0 Å². The molecule has 0 saturated carbocycles. The van der Waals surface area contributed by atoms with Crippen molar-refractivity contribution in [2.75, 3.05) is 13.2 Å². The van der Waals surface area contributed by atoms with E-state index in [1.54, 1.807) is 23.7 Å². The average molecular weight is 386 g/mol. The maximum Gasteiger partial charge on any atom is 0.166 e. The van der Waals surface area contributed by atoms with E-state index < -0.39 is 0 Å². The van der Waals surface area contributed by atoms with Crippen LogP contribution < -0.4 is 10.6 Å². The summed E-state index contributed by atoms with van der Waals surface area (Å²) in [5.74, 6) is 0. The first kappa shape index (κ1) is 16.4. The number of nitrogens with zero attached hydrogens (tertiary/aromatic N) is 1. The number of rotatable bonds is 6. The van der Waals surface area contributed by atoms with Gasteiger partial charge in [0.15, 0.2) is 5.11 Å². The average Bonchev–Trinajstić information content (AvgIpc) is 2.91. The number of nitrogens with one attached hydrogen (secondary N) is 2. The van der Waals surface area contributed by atoms with Crippen LogP contribution in [0.5, 0.6) is 0 Å². The molecule has 0 spiro atoms. The molecule has 0 bridgehead atoms. The molecule has 2 aromatic heterocycles. The van der Waals surface area contributed by atoms with Gasteiger partial charge < -0.3 is 15.7 Å². The zero-order valence-corrected chi connectivity index (χ0v) is 14.5. The molecule has 2 rings (SSSR count). The largest absolute Gasteiger partial charge is 0.395 e. The van der Waals surface area contributed by atoms with E-state index in [9.17, 15) is 0 Å². The molecule has 0 radical (unpaired) electrons. The van der Waals surface area contributed by atoms with E-state index in [-0.39, 0.29) is 12.6 Å². The van der Waals surface area contributed by atoms with Gasteiger partial charge >= 0.3 is 0 Å². The number of pyridine rings is 1. The van der Waals surface area contributed by atoms with Crippen LogP contribution in [0.15, 0.2) is 40.4 Å². The summed E-state index contributed by atoms with van der Waals surface area (Å²) in [7, 11) is 0. The van der Waals surface area contributed by atoms with Crippen LogP contribution >= 0.6 is 39.5 Å². The molecule has 3 N–H and O–H groups in total. The minimum Gasteiger partial charge on any atom is -0.395 e. The van der Waals surface area contributed by atoms with Crippen molar-refractivity contribution in [3.05, 3.63) is 50.9 Å². The second-order valence-corrected chi connectivity index (χ2v) is 6.58. The monoisotopic (exact) mass is 385 g/mol. The first-order chi connectivity index (χ1) is 10.2. The highest BCUT2D eigenvalue weighted by atomic mass is 79.9. The molecule has 0 aliphatic carbocycles. The van der Waals surface area contributed by atoms with Gasteiger partial charge in [0.25, 0.3) is 0 Å². The van der Waals surface area contributed by atoms with E-state index in [4.69, 9.17) is 17.3 Å². The Balaban J connectivity index is 2.11. The van der Waals surface area contributed by atoms with Crippen LogP contribution in [0.3, 0.4) is 0 Å². The van der Waals surface area contributed by atoms with Crippen LogP contribution in [0.4, 0.5) is 0 Å². The second-order valence-electron chi connectivity index (χ2n) is 4.37. The highest BCUT2D eigenvalue weighted by Crippen LogP contribution is 2.31. The Morgan fingerprint density at radius 2 is 2.14 bits per heavy atom. The summed E-state index contributed by atoms with van der Waals surface area (Å²) in [6, 6.07) is 6.10. The third-order valence-corrected chi connectivity index (χ3v) is 5.10. The number of aliphatic hydroxyl groups is 1. The quantitative estimate of drug-likeness (QED) is 0.667. The number of hydrogen-bond donors (Lipinski definition) is 3. The predicted octanol–water partition coefficient (Wildman–Crippen LogP) is 2.65. The maximum atomic E-state index is 8.85. The van der Waals surface area contributed by atoms with Crippen LogP contribution in [0, 0.1) is 0 Å². The summed E-state index contributed by atoms with van der Waals surface area (Å²) in [4.78, 5) is 5.24. The van der Waals surface area contributed by atoms with E-state index in [0.29, 0.717) is 11.7 Å². The van der Waals surface area contributed by atoms with Gasteiger partial charge in [-0.15, -0.1) is 11.3 Å². The summed E-state index contributed by atoms with van der Waals surface area (Å²) < 4.78 is 1.07. The van der Waals surface area contributed by atoms with Gasteiger partial charge in [0.2, 0.25) is 0 Å². The molecular formula is C14H16BrN3OS2. The molecule has 1 unspecified atom stereocenters. The molecule has 0 aliphatic heterocycles. The lowest BCUT2D eigenvalue weighted by Gasteiger charge is -2.20. The van der Waals surface area contributed by atoms with Gasteiger partial charge in [-0.05, 0) is 63.7 Å². The summed E-state index contributed by atoms with van der Waals surface area (Å²) in [6.45, 7) is 0.499. The second kappa shape index (κ2) is 8.43. The molecule has 2 aromatic rings. The third-order valence-electron chi connectivity index (χ3n) is 2.85. The van der Waals surface area contributed by atoms with E-state index in [1.165, 1.54) is 10.4 Å². The molecule has 0 fully saturated rings. The Morgan fingerprint density at radius 3 is 2.76 bits per heavy atom. The van der Waals surface area contributed by atoms with Gasteiger partial charge in [0.1, 0.15) is 0 Å². The fraction of sp³-hybridized carbons (Fsp3) is 0.286. The van der Waals surface area contributed by atoms with Crippen LogP contribution in [-0.2, 0) is 6.42 Å². The molecule has 0 aromatic carbocycles. The standard InChI is InChI=1S/C14H16BrN3OS2/c15-11-3-8-21-13(11)12(18-14(20)17-6-7-19)9-10-1-4-16-5-2-10/h1-5,8,12,19H,6-7,9H2,(H2,17,18,20). The molecule has 4 nitrogen and oxygen atoms in total.